The van der Waals surface area contributed by atoms with Crippen molar-refractivity contribution < 1.29 is 13.6 Å². The van der Waals surface area contributed by atoms with Crippen LogP contribution < -0.4 is 10.6 Å². The molecule has 1 aliphatic heterocycles. The average molecular weight is 290 g/mol. The first kappa shape index (κ1) is 14.0. The summed E-state index contributed by atoms with van der Waals surface area (Å²) in [5, 5.41) is 0.698. The summed E-state index contributed by atoms with van der Waals surface area (Å²) in [4.78, 5) is 19.4. The zero-order valence-electron chi connectivity index (χ0n) is 10.6. The summed E-state index contributed by atoms with van der Waals surface area (Å²) in [5.74, 6) is -0.376. The highest BCUT2D eigenvalue weighted by Crippen LogP contribution is 2.31. The molecule has 5 nitrogen and oxygen atoms in total. The molecule has 0 atom stereocenters. The van der Waals surface area contributed by atoms with Gasteiger partial charge in [-0.1, -0.05) is 11.3 Å². The van der Waals surface area contributed by atoms with E-state index in [0.29, 0.717) is 5.13 Å². The second-order valence-electron chi connectivity index (χ2n) is 4.48. The molecule has 1 aromatic heterocycles. The normalized spacial score (nSPS) is 15.3. The highest BCUT2D eigenvalue weighted by Gasteiger charge is 2.24. The number of hydrogen-bond acceptors (Lipinski definition) is 5. The van der Waals surface area contributed by atoms with Crippen molar-refractivity contribution in [2.24, 2.45) is 0 Å². The van der Waals surface area contributed by atoms with Crippen LogP contribution in [0.3, 0.4) is 0 Å². The minimum absolute atomic E-state index is 0.123. The molecule has 0 radical (unpaired) electrons. The molecular weight excluding hydrogens is 274 g/mol. The number of nitrogen functional groups attached to an aromatic ring is 1. The number of nitrogens with two attached hydrogens (primary N) is 1. The zero-order valence-corrected chi connectivity index (χ0v) is 11.4. The van der Waals surface area contributed by atoms with Crippen LogP contribution >= 0.6 is 11.3 Å². The average Bonchev–Trinajstić information content (AvgIpc) is 2.95. The van der Waals surface area contributed by atoms with E-state index in [4.69, 9.17) is 5.73 Å². The summed E-state index contributed by atoms with van der Waals surface area (Å²) in [5.41, 5.74) is 5.72. The Morgan fingerprint density at radius 3 is 2.74 bits per heavy atom. The molecule has 1 amide bonds. The number of nitrogens with zero attached hydrogens (tertiary/aromatic N) is 3. The largest absolute Gasteiger partial charge is 0.382 e. The lowest BCUT2D eigenvalue weighted by atomic mass is 10.4. The second kappa shape index (κ2) is 5.68. The van der Waals surface area contributed by atoms with Gasteiger partial charge >= 0.3 is 0 Å². The summed E-state index contributed by atoms with van der Waals surface area (Å²) in [7, 11) is 1.34. The molecule has 0 saturated carbocycles. The number of carbonyl (C=O) groups is 1. The van der Waals surface area contributed by atoms with Gasteiger partial charge in [-0.25, -0.2) is 13.8 Å². The molecule has 1 saturated heterocycles. The van der Waals surface area contributed by atoms with Gasteiger partial charge in [0.15, 0.2) is 5.13 Å². The number of alkyl halides is 2. The van der Waals surface area contributed by atoms with Crippen molar-refractivity contribution in [2.45, 2.75) is 19.3 Å². The van der Waals surface area contributed by atoms with E-state index >= 15 is 0 Å². The minimum Gasteiger partial charge on any atom is -0.382 e. The van der Waals surface area contributed by atoms with Gasteiger partial charge in [-0.2, -0.15) is 0 Å². The van der Waals surface area contributed by atoms with E-state index in [1.54, 1.807) is 0 Å². The van der Waals surface area contributed by atoms with Crippen LogP contribution in [0, 0.1) is 0 Å². The Morgan fingerprint density at radius 2 is 2.16 bits per heavy atom. The molecule has 0 bridgehead atoms. The number of anilines is 2. The Bertz CT molecular complexity index is 460. The molecule has 1 aliphatic rings. The van der Waals surface area contributed by atoms with Gasteiger partial charge in [-0.3, -0.25) is 4.79 Å². The molecule has 19 heavy (non-hydrogen) atoms. The lowest BCUT2D eigenvalue weighted by Crippen LogP contribution is -2.31. The van der Waals surface area contributed by atoms with Crippen LogP contribution in [0.5, 0.6) is 0 Å². The summed E-state index contributed by atoms with van der Waals surface area (Å²) in [6.45, 7) is 1.19. The number of thiazole rings is 1. The molecule has 2 N–H and O–H groups in total. The van der Waals surface area contributed by atoms with Crippen LogP contribution in [0.15, 0.2) is 0 Å². The quantitative estimate of drug-likeness (QED) is 0.916. The smallest absolute Gasteiger partial charge is 0.267 e. The van der Waals surface area contributed by atoms with Gasteiger partial charge in [-0.15, -0.1) is 0 Å². The Hall–Kier alpha value is -1.44. The maximum absolute atomic E-state index is 12.3. The van der Waals surface area contributed by atoms with Gasteiger partial charge in [0, 0.05) is 20.1 Å². The Morgan fingerprint density at radius 1 is 1.53 bits per heavy atom. The van der Waals surface area contributed by atoms with E-state index < -0.39 is 18.9 Å². The van der Waals surface area contributed by atoms with Crippen LogP contribution in [0.2, 0.25) is 0 Å². The summed E-state index contributed by atoms with van der Waals surface area (Å²) in [6, 6.07) is 0. The lowest BCUT2D eigenvalue weighted by Gasteiger charge is -2.15. The molecule has 0 aromatic carbocycles. The first-order chi connectivity index (χ1) is 8.99. The van der Waals surface area contributed by atoms with Crippen molar-refractivity contribution in [1.82, 2.24) is 9.88 Å². The third-order valence-corrected chi connectivity index (χ3v) is 4.09. The van der Waals surface area contributed by atoms with Crippen molar-refractivity contribution in [3.05, 3.63) is 4.88 Å². The van der Waals surface area contributed by atoms with Crippen LogP contribution in [0.25, 0.3) is 0 Å². The monoisotopic (exact) mass is 290 g/mol. The zero-order chi connectivity index (χ0) is 14.0. The third kappa shape index (κ3) is 3.12. The molecule has 2 heterocycles. The van der Waals surface area contributed by atoms with Gasteiger partial charge in [0.2, 0.25) is 0 Å². The highest BCUT2D eigenvalue weighted by atomic mass is 32.1. The fourth-order valence-electron chi connectivity index (χ4n) is 1.98. The SMILES string of the molecule is CN(CC(F)F)C(=O)c1sc(N2CCCC2)nc1N. The molecule has 1 fully saturated rings. The summed E-state index contributed by atoms with van der Waals surface area (Å²) >= 11 is 1.17. The van der Waals surface area contributed by atoms with Crippen molar-refractivity contribution in [3.63, 3.8) is 0 Å². The maximum Gasteiger partial charge on any atom is 0.267 e. The predicted molar refractivity (Wildman–Crippen MR) is 70.9 cm³/mol. The lowest BCUT2D eigenvalue weighted by molar-refractivity contribution is 0.0625. The van der Waals surface area contributed by atoms with E-state index in [1.807, 2.05) is 0 Å². The van der Waals surface area contributed by atoms with Gasteiger partial charge in [0.1, 0.15) is 10.7 Å². The van der Waals surface area contributed by atoms with E-state index in [-0.39, 0.29) is 10.7 Å². The summed E-state index contributed by atoms with van der Waals surface area (Å²) < 4.78 is 24.5. The van der Waals surface area contributed by atoms with E-state index in [9.17, 15) is 13.6 Å². The van der Waals surface area contributed by atoms with Crippen molar-refractivity contribution in [2.75, 3.05) is 37.3 Å². The molecular formula is C11H16F2N4OS. The third-order valence-electron chi connectivity index (χ3n) is 2.97. The van der Waals surface area contributed by atoms with Crippen LogP contribution in [-0.4, -0.2) is 48.9 Å². The predicted octanol–water partition coefficient (Wildman–Crippen LogP) is 1.66. The van der Waals surface area contributed by atoms with E-state index in [2.05, 4.69) is 9.88 Å². The Balaban J connectivity index is 2.13. The number of amides is 1. The van der Waals surface area contributed by atoms with E-state index in [0.717, 1.165) is 30.8 Å². The number of carbonyl (C=O) groups excluding carboxylic acids is 1. The number of aromatic nitrogens is 1. The Kier molecular flexibility index (Phi) is 4.18. The molecule has 8 heteroatoms. The Labute approximate surface area is 114 Å². The van der Waals surface area contributed by atoms with Crippen molar-refractivity contribution in [1.29, 1.82) is 0 Å². The van der Waals surface area contributed by atoms with Gasteiger partial charge in [-0.05, 0) is 12.8 Å². The topological polar surface area (TPSA) is 62.5 Å². The molecule has 0 aliphatic carbocycles. The van der Waals surface area contributed by atoms with Crippen molar-refractivity contribution >= 4 is 28.2 Å². The van der Waals surface area contributed by atoms with Crippen LogP contribution in [0.4, 0.5) is 19.7 Å². The standard InChI is InChI=1S/C11H16F2N4OS/c1-16(6-7(12)13)10(18)8-9(14)15-11(19-8)17-4-2-3-5-17/h7H,2-6,14H2,1H3. The van der Waals surface area contributed by atoms with E-state index in [1.165, 1.54) is 18.4 Å². The number of hydrogen-bond donors (Lipinski definition) is 1. The fourth-order valence-corrected chi connectivity index (χ4v) is 3.01. The van der Waals surface area contributed by atoms with Gasteiger partial charge < -0.3 is 15.5 Å². The first-order valence-electron chi connectivity index (χ1n) is 6.04. The van der Waals surface area contributed by atoms with Crippen LogP contribution in [0.1, 0.15) is 22.5 Å². The second-order valence-corrected chi connectivity index (χ2v) is 5.46. The molecule has 106 valence electrons. The number of rotatable bonds is 4. The van der Waals surface area contributed by atoms with Gasteiger partial charge in [0.05, 0.1) is 6.54 Å². The molecule has 0 spiro atoms. The molecule has 0 unspecified atom stereocenters. The summed E-state index contributed by atoms with van der Waals surface area (Å²) in [6.07, 6.45) is -0.372. The minimum atomic E-state index is -2.55. The first-order valence-corrected chi connectivity index (χ1v) is 6.85. The van der Waals surface area contributed by atoms with Crippen molar-refractivity contribution in [3.8, 4) is 0 Å². The molecule has 2 rings (SSSR count). The molecule has 1 aromatic rings. The van der Waals surface area contributed by atoms with Crippen LogP contribution in [-0.2, 0) is 0 Å². The number of halogens is 2. The maximum atomic E-state index is 12.3. The van der Waals surface area contributed by atoms with Gasteiger partial charge in [0.25, 0.3) is 12.3 Å². The highest BCUT2D eigenvalue weighted by molar-refractivity contribution is 7.18. The fraction of sp³-hybridized carbons (Fsp3) is 0.636.